The summed E-state index contributed by atoms with van der Waals surface area (Å²) in [5.74, 6) is -1.19. The van der Waals surface area contributed by atoms with Gasteiger partial charge in [0.25, 0.3) is 0 Å². The monoisotopic (exact) mass is 292 g/mol. The first-order chi connectivity index (χ1) is 9.91. The zero-order chi connectivity index (χ0) is 15.9. The highest BCUT2D eigenvalue weighted by Gasteiger charge is 2.31. The van der Waals surface area contributed by atoms with E-state index >= 15 is 0 Å². The Bertz CT molecular complexity index is 485. The van der Waals surface area contributed by atoms with E-state index in [0.29, 0.717) is 12.1 Å². The molecule has 1 atom stereocenters. The summed E-state index contributed by atoms with van der Waals surface area (Å²) < 4.78 is 0. The van der Waals surface area contributed by atoms with Crippen LogP contribution >= 0.6 is 0 Å². The van der Waals surface area contributed by atoms with Crippen LogP contribution in [0.4, 0.5) is 5.69 Å². The number of carboxylic acid groups (broad SMARTS) is 1. The summed E-state index contributed by atoms with van der Waals surface area (Å²) >= 11 is 0. The highest BCUT2D eigenvalue weighted by Crippen LogP contribution is 2.13. The number of aryl methyl sites for hydroxylation is 1. The molecule has 1 aromatic carbocycles. The van der Waals surface area contributed by atoms with Gasteiger partial charge in [-0.15, -0.1) is 0 Å². The van der Waals surface area contributed by atoms with Crippen LogP contribution in [-0.4, -0.2) is 29.1 Å². The minimum absolute atomic E-state index is 0.0294. The van der Waals surface area contributed by atoms with Crippen molar-refractivity contribution in [2.24, 2.45) is 0 Å². The van der Waals surface area contributed by atoms with Gasteiger partial charge in [0.2, 0.25) is 5.91 Å². The van der Waals surface area contributed by atoms with Crippen molar-refractivity contribution in [2.75, 3.05) is 11.9 Å². The van der Waals surface area contributed by atoms with Crippen molar-refractivity contribution in [1.29, 1.82) is 0 Å². The Hall–Kier alpha value is -1.88. The predicted octanol–water partition coefficient (Wildman–Crippen LogP) is 2.42. The van der Waals surface area contributed by atoms with E-state index in [1.165, 1.54) is 5.56 Å². The molecule has 0 spiro atoms. The van der Waals surface area contributed by atoms with Gasteiger partial charge in [0.1, 0.15) is 5.54 Å². The maximum atomic E-state index is 11.9. The second-order valence-corrected chi connectivity index (χ2v) is 5.34. The van der Waals surface area contributed by atoms with E-state index in [1.807, 2.05) is 31.2 Å². The van der Waals surface area contributed by atoms with Gasteiger partial charge in [-0.25, -0.2) is 0 Å². The summed E-state index contributed by atoms with van der Waals surface area (Å²) in [5, 5.41) is 14.8. The molecule has 0 saturated heterocycles. The van der Waals surface area contributed by atoms with Gasteiger partial charge in [0.15, 0.2) is 0 Å². The lowest BCUT2D eigenvalue weighted by Gasteiger charge is -2.25. The van der Waals surface area contributed by atoms with Crippen LogP contribution in [0.3, 0.4) is 0 Å². The van der Waals surface area contributed by atoms with E-state index in [4.69, 9.17) is 0 Å². The van der Waals surface area contributed by atoms with Crippen molar-refractivity contribution in [3.8, 4) is 0 Å². The molecule has 0 bridgehead atoms. The first-order valence-corrected chi connectivity index (χ1v) is 7.28. The van der Waals surface area contributed by atoms with Crippen molar-refractivity contribution in [3.63, 3.8) is 0 Å². The van der Waals surface area contributed by atoms with Crippen molar-refractivity contribution >= 4 is 17.6 Å². The Labute approximate surface area is 125 Å². The SMILES string of the molecule is CCCC(C)(NCC(=O)Nc1ccc(CC)cc1)C(=O)O. The molecule has 1 unspecified atom stereocenters. The summed E-state index contributed by atoms with van der Waals surface area (Å²) in [4.78, 5) is 23.1. The lowest BCUT2D eigenvalue weighted by molar-refractivity contribution is -0.144. The number of benzene rings is 1. The van der Waals surface area contributed by atoms with Gasteiger partial charge in [-0.2, -0.15) is 0 Å². The number of hydrogen-bond donors (Lipinski definition) is 3. The largest absolute Gasteiger partial charge is 0.480 e. The first kappa shape index (κ1) is 17.2. The van der Waals surface area contributed by atoms with Crippen LogP contribution in [0.1, 0.15) is 39.2 Å². The molecule has 0 aliphatic carbocycles. The van der Waals surface area contributed by atoms with Crippen LogP contribution in [0, 0.1) is 0 Å². The third-order valence-corrected chi connectivity index (χ3v) is 3.51. The molecule has 3 N–H and O–H groups in total. The van der Waals surface area contributed by atoms with Crippen molar-refractivity contribution in [3.05, 3.63) is 29.8 Å². The number of carboxylic acids is 1. The average molecular weight is 292 g/mol. The summed E-state index contributed by atoms with van der Waals surface area (Å²) in [6.07, 6.45) is 2.15. The molecule has 0 fully saturated rings. The number of carbonyl (C=O) groups excluding carboxylic acids is 1. The first-order valence-electron chi connectivity index (χ1n) is 7.28. The Morgan fingerprint density at radius 3 is 2.29 bits per heavy atom. The van der Waals surface area contributed by atoms with E-state index in [1.54, 1.807) is 6.92 Å². The minimum Gasteiger partial charge on any atom is -0.480 e. The smallest absolute Gasteiger partial charge is 0.323 e. The van der Waals surface area contributed by atoms with E-state index < -0.39 is 11.5 Å². The van der Waals surface area contributed by atoms with Crippen LogP contribution < -0.4 is 10.6 Å². The second-order valence-electron chi connectivity index (χ2n) is 5.34. The topological polar surface area (TPSA) is 78.4 Å². The number of anilines is 1. The third kappa shape index (κ3) is 5.19. The van der Waals surface area contributed by atoms with Crippen molar-refractivity contribution in [2.45, 2.75) is 45.6 Å². The molecule has 0 radical (unpaired) electrons. The van der Waals surface area contributed by atoms with Crippen LogP contribution in [0.15, 0.2) is 24.3 Å². The lowest BCUT2D eigenvalue weighted by Crippen LogP contribution is -2.51. The molecule has 5 nitrogen and oxygen atoms in total. The maximum Gasteiger partial charge on any atom is 0.323 e. The number of hydrogen-bond acceptors (Lipinski definition) is 3. The summed E-state index contributed by atoms with van der Waals surface area (Å²) in [5.41, 5.74) is 0.845. The number of nitrogens with one attached hydrogen (secondary N) is 2. The van der Waals surface area contributed by atoms with Gasteiger partial charge in [-0.3, -0.25) is 14.9 Å². The zero-order valence-electron chi connectivity index (χ0n) is 12.9. The maximum absolute atomic E-state index is 11.9. The van der Waals surface area contributed by atoms with Gasteiger partial charge in [0, 0.05) is 5.69 Å². The normalized spacial score (nSPS) is 13.5. The van der Waals surface area contributed by atoms with Gasteiger partial charge in [-0.1, -0.05) is 32.4 Å². The molecule has 0 saturated carbocycles. The Morgan fingerprint density at radius 1 is 1.19 bits per heavy atom. The van der Waals surface area contributed by atoms with Crippen LogP contribution in [0.5, 0.6) is 0 Å². The summed E-state index contributed by atoms with van der Waals surface area (Å²) in [6, 6.07) is 7.61. The third-order valence-electron chi connectivity index (χ3n) is 3.51. The van der Waals surface area contributed by atoms with Gasteiger partial charge >= 0.3 is 5.97 Å². The molecule has 21 heavy (non-hydrogen) atoms. The van der Waals surface area contributed by atoms with Gasteiger partial charge in [0.05, 0.1) is 6.54 Å². The summed E-state index contributed by atoms with van der Waals surface area (Å²) in [6.45, 7) is 5.55. The number of carbonyl (C=O) groups is 2. The Kier molecular flexibility index (Phi) is 6.37. The fraction of sp³-hybridized carbons (Fsp3) is 0.500. The molecule has 0 aliphatic heterocycles. The van der Waals surface area contributed by atoms with E-state index in [-0.39, 0.29) is 12.5 Å². The van der Waals surface area contributed by atoms with Crippen LogP contribution in [0.2, 0.25) is 0 Å². The zero-order valence-corrected chi connectivity index (χ0v) is 12.9. The molecule has 0 heterocycles. The molecule has 116 valence electrons. The summed E-state index contributed by atoms with van der Waals surface area (Å²) in [7, 11) is 0. The Morgan fingerprint density at radius 2 is 1.81 bits per heavy atom. The quantitative estimate of drug-likeness (QED) is 0.687. The van der Waals surface area contributed by atoms with E-state index in [2.05, 4.69) is 17.6 Å². The van der Waals surface area contributed by atoms with Crippen molar-refractivity contribution < 1.29 is 14.7 Å². The molecule has 0 aromatic heterocycles. The second kappa shape index (κ2) is 7.78. The van der Waals surface area contributed by atoms with E-state index in [0.717, 1.165) is 12.8 Å². The molecule has 1 amide bonds. The molecule has 5 heteroatoms. The number of aliphatic carboxylic acids is 1. The molecule has 1 rings (SSSR count). The number of amides is 1. The molecule has 1 aromatic rings. The van der Waals surface area contributed by atoms with Gasteiger partial charge in [-0.05, 0) is 37.5 Å². The molecular weight excluding hydrogens is 268 g/mol. The van der Waals surface area contributed by atoms with Crippen LogP contribution in [-0.2, 0) is 16.0 Å². The Balaban J connectivity index is 2.54. The predicted molar refractivity (Wildman–Crippen MR) is 83.4 cm³/mol. The highest BCUT2D eigenvalue weighted by atomic mass is 16.4. The number of rotatable bonds is 8. The van der Waals surface area contributed by atoms with Crippen LogP contribution in [0.25, 0.3) is 0 Å². The van der Waals surface area contributed by atoms with E-state index in [9.17, 15) is 14.7 Å². The van der Waals surface area contributed by atoms with Crippen molar-refractivity contribution in [1.82, 2.24) is 5.32 Å². The molecule has 0 aliphatic rings. The van der Waals surface area contributed by atoms with Gasteiger partial charge < -0.3 is 10.4 Å². The minimum atomic E-state index is -1.07. The molecular formula is C16H24N2O3. The average Bonchev–Trinajstić information content (AvgIpc) is 2.46. The fourth-order valence-electron chi connectivity index (χ4n) is 2.08. The highest BCUT2D eigenvalue weighted by molar-refractivity contribution is 5.92. The fourth-order valence-corrected chi connectivity index (χ4v) is 2.08. The standard InChI is InChI=1S/C16H24N2O3/c1-4-10-16(3,15(20)21)17-11-14(19)18-13-8-6-12(5-2)7-9-13/h6-9,17H,4-5,10-11H2,1-3H3,(H,18,19)(H,20,21). The lowest BCUT2D eigenvalue weighted by atomic mass is 9.96.